The van der Waals surface area contributed by atoms with Gasteiger partial charge in [-0.1, -0.05) is 150 Å². The minimum absolute atomic E-state index is 0. The van der Waals surface area contributed by atoms with Gasteiger partial charge >= 0.3 is 0 Å². The van der Waals surface area contributed by atoms with Crippen LogP contribution in [0.2, 0.25) is 0 Å². The molecule has 0 aliphatic heterocycles. The van der Waals surface area contributed by atoms with Gasteiger partial charge in [-0.05, 0) is 86.5 Å². The number of furan rings is 2. The Hall–Kier alpha value is -6.75. The molecule has 0 aliphatic rings. The number of aromatic hydroxyl groups is 1. The monoisotopic (exact) mass is 1000 g/mol. The number of rotatable bonds is 5. The zero-order valence-electron chi connectivity index (χ0n) is 35.9. The molecule has 7 heteroatoms. The number of imidazole rings is 1. The quantitative estimate of drug-likeness (QED) is 0.174. The minimum atomic E-state index is -0.104. The average molecular weight is 1000 g/mol. The van der Waals surface area contributed by atoms with E-state index in [2.05, 4.69) is 125 Å². The van der Waals surface area contributed by atoms with Gasteiger partial charge in [-0.25, -0.2) is 0 Å². The minimum Gasteiger partial charge on any atom is -0.506 e. The van der Waals surface area contributed by atoms with Crippen molar-refractivity contribution in [2.24, 2.45) is 0 Å². The van der Waals surface area contributed by atoms with Crippen LogP contribution < -0.4 is 0 Å². The van der Waals surface area contributed by atoms with Crippen LogP contribution in [0, 0.1) is 6.07 Å². The van der Waals surface area contributed by atoms with Crippen molar-refractivity contribution in [2.75, 3.05) is 0 Å². The first-order valence-electron chi connectivity index (χ1n) is 21.1. The Morgan fingerprint density at radius 2 is 1.19 bits per heavy atom. The summed E-state index contributed by atoms with van der Waals surface area (Å²) in [6, 6.07) is 53.4. The molecule has 1 N–H and O–H groups in total. The maximum Gasteiger partial charge on any atom is 0.139 e. The maximum absolute atomic E-state index is 12.2. The molecule has 0 fully saturated rings. The number of aromatic nitrogens is 3. The number of fused-ring (bicyclic) bond motifs is 7. The number of para-hydroxylation sites is 2. The largest absolute Gasteiger partial charge is 0.506 e. The van der Waals surface area contributed by atoms with Crippen molar-refractivity contribution in [2.45, 2.75) is 52.4 Å². The van der Waals surface area contributed by atoms with Gasteiger partial charge in [-0.3, -0.25) is 9.97 Å². The Kier molecular flexibility index (Phi) is 9.58. The van der Waals surface area contributed by atoms with Crippen molar-refractivity contribution in [3.05, 3.63) is 169 Å². The van der Waals surface area contributed by atoms with E-state index in [-0.39, 0.29) is 37.6 Å². The van der Waals surface area contributed by atoms with Crippen LogP contribution in [-0.2, 0) is 31.9 Å². The molecule has 5 aromatic heterocycles. The summed E-state index contributed by atoms with van der Waals surface area (Å²) in [5.74, 6) is 0.116. The number of hydrogen-bond donors (Lipinski definition) is 1. The predicted octanol–water partition coefficient (Wildman–Crippen LogP) is 15.0. The number of nitrogens with zero attached hydrogens (tertiary/aromatic N) is 3. The molecular formula is C56H44N3O3Pt-. The van der Waals surface area contributed by atoms with Crippen LogP contribution in [0.5, 0.6) is 5.75 Å². The molecule has 0 spiro atoms. The molecule has 0 radical (unpaired) electrons. The molecule has 0 amide bonds. The van der Waals surface area contributed by atoms with E-state index in [1.54, 1.807) is 0 Å². The third-order valence-corrected chi connectivity index (χ3v) is 12.1. The smallest absolute Gasteiger partial charge is 0.139 e. The van der Waals surface area contributed by atoms with E-state index in [1.807, 2.05) is 78.9 Å². The molecule has 6 aromatic carbocycles. The van der Waals surface area contributed by atoms with Gasteiger partial charge in [0.05, 0.1) is 16.7 Å². The van der Waals surface area contributed by atoms with Crippen molar-refractivity contribution in [3.8, 4) is 61.9 Å². The van der Waals surface area contributed by atoms with Gasteiger partial charge in [-0.2, -0.15) is 0 Å². The molecule has 11 aromatic rings. The zero-order chi connectivity index (χ0) is 42.5. The molecule has 11 rings (SSSR count). The standard InChI is InChI=1S/C56H44N3O3.Pt/c1-55(2,3)37-26-34(27-38(32-37)56(4,5)6)35-30-44(40-23-24-48-50(53(40)60)41-19-11-13-21-47(41)61-48)57-45(31-35)43-29-36(28-42-39-18-10-12-20-46(39)62-54(42)43)51-52(33-16-8-7-9-17-33)59-25-15-14-22-49(59)58-51;/h7-28,30-32,60H,1-6H3;/q-1;. The molecule has 5 heterocycles. The second-order valence-corrected chi connectivity index (χ2v) is 18.4. The summed E-state index contributed by atoms with van der Waals surface area (Å²) in [6.07, 6.45) is 2.06. The summed E-state index contributed by atoms with van der Waals surface area (Å²) in [7, 11) is 0. The van der Waals surface area contributed by atoms with E-state index in [9.17, 15) is 5.11 Å². The summed E-state index contributed by atoms with van der Waals surface area (Å²) in [6.45, 7) is 13.5. The van der Waals surface area contributed by atoms with Crippen LogP contribution in [0.4, 0.5) is 0 Å². The molecule has 0 atom stereocenters. The van der Waals surface area contributed by atoms with Crippen molar-refractivity contribution in [1.29, 1.82) is 0 Å². The van der Waals surface area contributed by atoms with Crippen LogP contribution in [0.1, 0.15) is 52.7 Å². The van der Waals surface area contributed by atoms with Crippen LogP contribution in [0.15, 0.2) is 161 Å². The first kappa shape index (κ1) is 40.3. The first-order chi connectivity index (χ1) is 29.9. The molecule has 0 unspecified atom stereocenters. The molecule has 0 saturated carbocycles. The molecule has 63 heavy (non-hydrogen) atoms. The Morgan fingerprint density at radius 3 is 1.92 bits per heavy atom. The third kappa shape index (κ3) is 6.85. The fraction of sp³-hybridized carbons (Fsp3) is 0.143. The summed E-state index contributed by atoms with van der Waals surface area (Å²) >= 11 is 0. The maximum atomic E-state index is 12.2. The third-order valence-electron chi connectivity index (χ3n) is 12.1. The van der Waals surface area contributed by atoms with Gasteiger partial charge in [0.1, 0.15) is 28.1 Å². The van der Waals surface area contributed by atoms with Gasteiger partial charge < -0.3 is 18.3 Å². The summed E-state index contributed by atoms with van der Waals surface area (Å²) < 4.78 is 15.1. The fourth-order valence-electron chi connectivity index (χ4n) is 8.76. The van der Waals surface area contributed by atoms with Gasteiger partial charge in [0, 0.05) is 60.7 Å². The second-order valence-electron chi connectivity index (χ2n) is 18.4. The molecule has 0 aliphatic carbocycles. The summed E-state index contributed by atoms with van der Waals surface area (Å²) in [5.41, 5.74) is 14.1. The van der Waals surface area contributed by atoms with Crippen molar-refractivity contribution in [3.63, 3.8) is 0 Å². The van der Waals surface area contributed by atoms with E-state index in [0.29, 0.717) is 44.7 Å². The Morgan fingerprint density at radius 1 is 0.556 bits per heavy atom. The number of benzene rings is 6. The van der Waals surface area contributed by atoms with E-state index >= 15 is 0 Å². The number of pyridine rings is 2. The molecule has 0 bridgehead atoms. The van der Waals surface area contributed by atoms with E-state index in [0.717, 1.165) is 61.0 Å². The zero-order valence-corrected chi connectivity index (χ0v) is 38.1. The Balaban J connectivity index is 0.00000471. The Bertz CT molecular complexity index is 3530. The van der Waals surface area contributed by atoms with Crippen LogP contribution in [-0.4, -0.2) is 19.5 Å². The second kappa shape index (κ2) is 15.0. The summed E-state index contributed by atoms with van der Waals surface area (Å²) in [5, 5.41) is 15.7. The predicted molar refractivity (Wildman–Crippen MR) is 253 cm³/mol. The molecule has 6 nitrogen and oxygen atoms in total. The van der Waals surface area contributed by atoms with Crippen molar-refractivity contribution < 1.29 is 35.0 Å². The molecular weight excluding hydrogens is 958 g/mol. The fourth-order valence-corrected chi connectivity index (χ4v) is 8.76. The number of phenolic OH excluding ortho intramolecular Hbond substituents is 1. The molecule has 312 valence electrons. The van der Waals surface area contributed by atoms with E-state index < -0.39 is 0 Å². The Labute approximate surface area is 380 Å². The average Bonchev–Trinajstić information content (AvgIpc) is 3.97. The van der Waals surface area contributed by atoms with Gasteiger partial charge in [0.25, 0.3) is 0 Å². The van der Waals surface area contributed by atoms with Gasteiger partial charge in [-0.15, -0.1) is 12.1 Å². The van der Waals surface area contributed by atoms with E-state index in [1.165, 1.54) is 11.1 Å². The van der Waals surface area contributed by atoms with Crippen LogP contribution in [0.25, 0.3) is 106 Å². The summed E-state index contributed by atoms with van der Waals surface area (Å²) in [4.78, 5) is 10.7. The number of hydrogen-bond acceptors (Lipinski definition) is 5. The van der Waals surface area contributed by atoms with Gasteiger partial charge in [0.2, 0.25) is 0 Å². The first-order valence-corrected chi connectivity index (χ1v) is 21.1. The van der Waals surface area contributed by atoms with Crippen molar-refractivity contribution >= 4 is 49.5 Å². The number of phenols is 1. The van der Waals surface area contributed by atoms with Crippen LogP contribution >= 0.6 is 0 Å². The topological polar surface area (TPSA) is 76.7 Å². The van der Waals surface area contributed by atoms with Crippen LogP contribution in [0.3, 0.4) is 0 Å². The van der Waals surface area contributed by atoms with E-state index in [4.69, 9.17) is 18.8 Å². The molecule has 0 saturated heterocycles. The van der Waals surface area contributed by atoms with Crippen molar-refractivity contribution in [1.82, 2.24) is 14.4 Å². The van der Waals surface area contributed by atoms with Gasteiger partial charge in [0.15, 0.2) is 0 Å². The normalized spacial score (nSPS) is 12.2. The SMILES string of the molecule is CC(C)(C)c1cc(-c2cc(-c3ccc4oc5ccccc5c4c3O)nc(-c3[c-]c(-c4nc5ccccn5c4-c4ccccc4)cc4c3oc3ccccc34)c2)cc(C(C)(C)C)c1.[Pt].